The number of ether oxygens (including phenoxy) is 1. The molecule has 280 valence electrons. The van der Waals surface area contributed by atoms with Crippen molar-refractivity contribution in [3.8, 4) is 0 Å². The number of benzene rings is 2. The van der Waals surface area contributed by atoms with Gasteiger partial charge in [-0.15, -0.1) is 0 Å². The summed E-state index contributed by atoms with van der Waals surface area (Å²) in [4.78, 5) is 41.1. The number of hydrogen-bond acceptors (Lipinski definition) is 7. The molecule has 2 heterocycles. The summed E-state index contributed by atoms with van der Waals surface area (Å²) < 4.78 is 6.17. The van der Waals surface area contributed by atoms with Gasteiger partial charge in [0.25, 0.3) is 0 Å². The second-order valence-corrected chi connectivity index (χ2v) is 15.2. The molecular formula is C41H60N4O6. The fourth-order valence-electron chi connectivity index (χ4n) is 7.97. The molecule has 6 N–H and O–H groups in total. The zero-order valence-corrected chi connectivity index (χ0v) is 30.5. The van der Waals surface area contributed by atoms with Gasteiger partial charge in [0.1, 0.15) is 6.04 Å². The Hall–Kier alpha value is -3.31. The molecule has 2 aliphatic carbocycles. The predicted octanol–water partition coefficient (Wildman–Crippen LogP) is 4.13. The summed E-state index contributed by atoms with van der Waals surface area (Å²) >= 11 is 0. The normalized spacial score (nSPS) is 28.1. The highest BCUT2D eigenvalue weighted by molar-refractivity contribution is 5.90. The average Bonchev–Trinajstić information content (AvgIpc) is 3.45. The first-order valence-electron chi connectivity index (χ1n) is 19.4. The molecule has 4 aliphatic rings. The molecule has 2 saturated heterocycles. The highest BCUT2D eigenvalue weighted by atomic mass is 16.5. The van der Waals surface area contributed by atoms with E-state index in [9.17, 15) is 24.6 Å². The van der Waals surface area contributed by atoms with Crippen molar-refractivity contribution in [2.24, 2.45) is 17.8 Å². The van der Waals surface area contributed by atoms with Crippen LogP contribution in [0.15, 0.2) is 54.6 Å². The summed E-state index contributed by atoms with van der Waals surface area (Å²) in [5.41, 5.74) is 2.92. The Bertz CT molecular complexity index is 1400. The van der Waals surface area contributed by atoms with Crippen LogP contribution < -0.4 is 21.3 Å². The SMILES string of the molecule is CCC(C)C1NC(=O)C(NCC(O)CC(Cc2ccccc2)C(=O)NC2c3ccccc3CC2O)CC2CCC(CC2)OCCCCCNC1=O. The molecule has 6 rings (SSSR count). The first-order valence-corrected chi connectivity index (χ1v) is 19.4. The summed E-state index contributed by atoms with van der Waals surface area (Å²) in [5.74, 6) is -0.922. The van der Waals surface area contributed by atoms with Crippen LogP contribution in [0.5, 0.6) is 0 Å². The zero-order valence-electron chi connectivity index (χ0n) is 30.5. The quantitative estimate of drug-likeness (QED) is 0.206. The number of aliphatic hydroxyl groups excluding tert-OH is 2. The van der Waals surface area contributed by atoms with E-state index in [1.54, 1.807) is 0 Å². The summed E-state index contributed by atoms with van der Waals surface area (Å²) in [6.45, 7) is 5.41. The number of carbonyl (C=O) groups is 3. The van der Waals surface area contributed by atoms with Gasteiger partial charge < -0.3 is 36.2 Å². The lowest BCUT2D eigenvalue weighted by Crippen LogP contribution is -2.56. The van der Waals surface area contributed by atoms with Gasteiger partial charge in [-0.25, -0.2) is 0 Å². The van der Waals surface area contributed by atoms with E-state index in [1.807, 2.05) is 68.4 Å². The minimum atomic E-state index is -0.917. The Balaban J connectivity index is 1.28. The summed E-state index contributed by atoms with van der Waals surface area (Å²) in [7, 11) is 0. The largest absolute Gasteiger partial charge is 0.392 e. The third kappa shape index (κ3) is 11.3. The van der Waals surface area contributed by atoms with E-state index in [4.69, 9.17) is 4.74 Å². The van der Waals surface area contributed by atoms with Crippen LogP contribution in [0.4, 0.5) is 0 Å². The summed E-state index contributed by atoms with van der Waals surface area (Å²) in [6.07, 6.45) is 7.70. The van der Waals surface area contributed by atoms with E-state index in [2.05, 4.69) is 21.3 Å². The Morgan fingerprint density at radius 1 is 0.980 bits per heavy atom. The van der Waals surface area contributed by atoms with Crippen LogP contribution in [-0.2, 0) is 32.0 Å². The van der Waals surface area contributed by atoms with E-state index in [-0.39, 0.29) is 42.7 Å². The molecular weight excluding hydrogens is 644 g/mol. The van der Waals surface area contributed by atoms with Crippen molar-refractivity contribution in [3.63, 3.8) is 0 Å². The molecule has 10 heteroatoms. The standard InChI is InChI=1S/C41H60N4O6/c1-3-27(2)37-41(50)42-20-10-5-11-21-51-33-18-16-29(17-19-33)23-35(40(49)44-37)43-26-32(46)24-31(22-28-12-6-4-7-13-28)39(48)45-38-34-15-9-8-14-30(34)25-36(38)47/h4,6-9,12-15,27,29,31-33,35-38,43,46-47H,3,5,10-11,16-26H2,1-2H3,(H,42,50)(H,44,49)(H,45,48). The molecule has 7 unspecified atom stereocenters. The van der Waals surface area contributed by atoms with Crippen LogP contribution in [0, 0.1) is 17.8 Å². The molecule has 2 aromatic rings. The first-order chi connectivity index (χ1) is 24.7. The fraction of sp³-hybridized carbons (Fsp3) is 0.634. The number of amides is 3. The molecule has 2 bridgehead atoms. The Morgan fingerprint density at radius 2 is 1.73 bits per heavy atom. The second-order valence-electron chi connectivity index (χ2n) is 15.2. The summed E-state index contributed by atoms with van der Waals surface area (Å²) in [5, 5.41) is 34.8. The molecule has 51 heavy (non-hydrogen) atoms. The van der Waals surface area contributed by atoms with Gasteiger partial charge in [-0.3, -0.25) is 14.4 Å². The smallest absolute Gasteiger partial charge is 0.242 e. The van der Waals surface area contributed by atoms with Gasteiger partial charge in [0.15, 0.2) is 0 Å². The Kier molecular flexibility index (Phi) is 14.9. The van der Waals surface area contributed by atoms with Crippen molar-refractivity contribution in [3.05, 3.63) is 71.3 Å². The van der Waals surface area contributed by atoms with E-state index in [0.717, 1.165) is 74.7 Å². The van der Waals surface area contributed by atoms with Crippen molar-refractivity contribution in [1.29, 1.82) is 0 Å². The van der Waals surface area contributed by atoms with E-state index in [0.29, 0.717) is 31.7 Å². The first kappa shape index (κ1) is 38.9. The van der Waals surface area contributed by atoms with E-state index < -0.39 is 36.3 Å². The van der Waals surface area contributed by atoms with Crippen LogP contribution in [0.1, 0.15) is 101 Å². The lowest BCUT2D eigenvalue weighted by atomic mass is 9.83. The Labute approximate surface area is 303 Å². The molecule has 10 nitrogen and oxygen atoms in total. The van der Waals surface area contributed by atoms with E-state index >= 15 is 0 Å². The summed E-state index contributed by atoms with van der Waals surface area (Å²) in [6, 6.07) is 15.7. The van der Waals surface area contributed by atoms with Crippen LogP contribution in [0.3, 0.4) is 0 Å². The van der Waals surface area contributed by atoms with Crippen molar-refractivity contribution in [1.82, 2.24) is 21.3 Å². The van der Waals surface area contributed by atoms with Crippen LogP contribution in [0.25, 0.3) is 0 Å². The molecule has 1 saturated carbocycles. The van der Waals surface area contributed by atoms with Gasteiger partial charge in [0, 0.05) is 32.0 Å². The maximum absolute atomic E-state index is 14.0. The molecule has 0 spiro atoms. The lowest BCUT2D eigenvalue weighted by molar-refractivity contribution is -0.131. The van der Waals surface area contributed by atoms with Gasteiger partial charge in [-0.05, 0) is 92.7 Å². The van der Waals surface area contributed by atoms with Crippen molar-refractivity contribution >= 4 is 17.7 Å². The zero-order chi connectivity index (χ0) is 36.2. The highest BCUT2D eigenvalue weighted by Crippen LogP contribution is 2.32. The maximum Gasteiger partial charge on any atom is 0.242 e. The lowest BCUT2D eigenvalue weighted by Gasteiger charge is -2.32. The van der Waals surface area contributed by atoms with Crippen molar-refractivity contribution in [2.45, 2.75) is 127 Å². The van der Waals surface area contributed by atoms with Crippen molar-refractivity contribution < 1.29 is 29.3 Å². The van der Waals surface area contributed by atoms with Crippen LogP contribution in [0.2, 0.25) is 0 Å². The second kappa shape index (κ2) is 19.5. The van der Waals surface area contributed by atoms with E-state index in [1.165, 1.54) is 0 Å². The Morgan fingerprint density at radius 3 is 2.49 bits per heavy atom. The number of aliphatic hydroxyl groups is 2. The molecule has 3 fully saturated rings. The molecule has 2 aliphatic heterocycles. The predicted molar refractivity (Wildman–Crippen MR) is 198 cm³/mol. The van der Waals surface area contributed by atoms with Gasteiger partial charge in [0.2, 0.25) is 17.7 Å². The van der Waals surface area contributed by atoms with Gasteiger partial charge in [-0.2, -0.15) is 0 Å². The third-order valence-electron chi connectivity index (χ3n) is 11.3. The van der Waals surface area contributed by atoms with Crippen molar-refractivity contribution in [2.75, 3.05) is 19.7 Å². The van der Waals surface area contributed by atoms with Crippen LogP contribution >= 0.6 is 0 Å². The minimum absolute atomic E-state index is 0.0475. The highest BCUT2D eigenvalue weighted by Gasteiger charge is 2.35. The maximum atomic E-state index is 14.0. The van der Waals surface area contributed by atoms with Gasteiger partial charge in [-0.1, -0.05) is 74.9 Å². The number of hydrogen-bond donors (Lipinski definition) is 6. The molecule has 3 amide bonds. The number of fused-ring (bicyclic) bond motifs is 15. The molecule has 0 aromatic heterocycles. The van der Waals surface area contributed by atoms with Crippen LogP contribution in [-0.4, -0.2) is 78.0 Å². The molecule has 2 aromatic carbocycles. The number of rotatable bonds is 11. The molecule has 7 atom stereocenters. The number of nitrogens with one attached hydrogen (secondary N) is 4. The fourth-order valence-corrected chi connectivity index (χ4v) is 7.97. The third-order valence-corrected chi connectivity index (χ3v) is 11.3. The topological polar surface area (TPSA) is 149 Å². The minimum Gasteiger partial charge on any atom is -0.392 e. The average molecular weight is 705 g/mol. The molecule has 0 radical (unpaired) electrons. The monoisotopic (exact) mass is 704 g/mol. The van der Waals surface area contributed by atoms with Gasteiger partial charge in [0.05, 0.1) is 30.4 Å². The van der Waals surface area contributed by atoms with Gasteiger partial charge >= 0.3 is 0 Å². The number of carbonyl (C=O) groups excluding carboxylic acids is 3.